The van der Waals surface area contributed by atoms with E-state index in [9.17, 15) is 5.11 Å². The van der Waals surface area contributed by atoms with Crippen LogP contribution in [0.1, 0.15) is 26.7 Å². The minimum atomic E-state index is -0.600. The van der Waals surface area contributed by atoms with Gasteiger partial charge in [0.2, 0.25) is 0 Å². The number of ether oxygens (including phenoxy) is 2. The Labute approximate surface area is 80.4 Å². The zero-order chi connectivity index (χ0) is 10.1. The van der Waals surface area contributed by atoms with Gasteiger partial charge < -0.3 is 14.6 Å². The molecule has 13 heavy (non-hydrogen) atoms. The SMILES string of the molecule is C=CCOC(OCCCC)C(C)O. The first kappa shape index (κ1) is 12.6. The largest absolute Gasteiger partial charge is 0.388 e. The predicted octanol–water partition coefficient (Wildman–Crippen LogP) is 1.71. The summed E-state index contributed by atoms with van der Waals surface area (Å²) in [7, 11) is 0. The first-order chi connectivity index (χ1) is 6.22. The summed E-state index contributed by atoms with van der Waals surface area (Å²) in [5, 5.41) is 9.25. The molecule has 0 spiro atoms. The van der Waals surface area contributed by atoms with Crippen LogP contribution in [-0.4, -0.2) is 30.7 Å². The van der Waals surface area contributed by atoms with Gasteiger partial charge in [0, 0.05) is 6.61 Å². The number of unbranched alkanes of at least 4 members (excludes halogenated alkanes) is 1. The van der Waals surface area contributed by atoms with Gasteiger partial charge in [0.25, 0.3) is 0 Å². The molecule has 0 aliphatic carbocycles. The van der Waals surface area contributed by atoms with E-state index in [0.29, 0.717) is 13.2 Å². The number of hydrogen-bond donors (Lipinski definition) is 1. The van der Waals surface area contributed by atoms with Crippen LogP contribution < -0.4 is 0 Å². The second-order valence-corrected chi connectivity index (χ2v) is 2.96. The van der Waals surface area contributed by atoms with Crippen molar-refractivity contribution in [2.75, 3.05) is 13.2 Å². The highest BCUT2D eigenvalue weighted by atomic mass is 16.7. The van der Waals surface area contributed by atoms with Gasteiger partial charge in [-0.1, -0.05) is 19.4 Å². The van der Waals surface area contributed by atoms with E-state index in [1.165, 1.54) is 0 Å². The van der Waals surface area contributed by atoms with Crippen molar-refractivity contribution in [2.45, 2.75) is 39.1 Å². The third-order valence-electron chi connectivity index (χ3n) is 1.55. The van der Waals surface area contributed by atoms with Crippen LogP contribution in [0.3, 0.4) is 0 Å². The summed E-state index contributed by atoms with van der Waals surface area (Å²) in [6, 6.07) is 0. The van der Waals surface area contributed by atoms with Gasteiger partial charge in [-0.05, 0) is 13.3 Å². The molecule has 0 saturated heterocycles. The van der Waals surface area contributed by atoms with Crippen LogP contribution in [0.5, 0.6) is 0 Å². The van der Waals surface area contributed by atoms with Crippen LogP contribution in [0.15, 0.2) is 12.7 Å². The van der Waals surface area contributed by atoms with Crippen molar-refractivity contribution in [3.63, 3.8) is 0 Å². The summed E-state index contributed by atoms with van der Waals surface area (Å²) in [6.45, 7) is 8.30. The second-order valence-electron chi connectivity index (χ2n) is 2.96. The van der Waals surface area contributed by atoms with E-state index in [2.05, 4.69) is 13.5 Å². The number of aliphatic hydroxyl groups excluding tert-OH is 1. The molecule has 0 aromatic carbocycles. The smallest absolute Gasteiger partial charge is 0.183 e. The minimum Gasteiger partial charge on any atom is -0.388 e. The summed E-state index contributed by atoms with van der Waals surface area (Å²) in [4.78, 5) is 0. The highest BCUT2D eigenvalue weighted by molar-refractivity contribution is 4.65. The Balaban J connectivity index is 3.60. The molecule has 0 aliphatic rings. The number of rotatable bonds is 8. The maximum atomic E-state index is 9.25. The van der Waals surface area contributed by atoms with Crippen LogP contribution in [0.4, 0.5) is 0 Å². The maximum absolute atomic E-state index is 9.25. The standard InChI is InChI=1S/C10H20O3/c1-4-6-8-13-10(9(3)11)12-7-5-2/h5,9-11H,2,4,6-8H2,1,3H3. The lowest BCUT2D eigenvalue weighted by Crippen LogP contribution is -2.29. The van der Waals surface area contributed by atoms with Crippen LogP contribution in [0.2, 0.25) is 0 Å². The number of hydrogen-bond acceptors (Lipinski definition) is 3. The van der Waals surface area contributed by atoms with E-state index in [-0.39, 0.29) is 0 Å². The normalized spacial score (nSPS) is 15.3. The molecular formula is C10H20O3. The Morgan fingerprint density at radius 3 is 2.62 bits per heavy atom. The third-order valence-corrected chi connectivity index (χ3v) is 1.55. The van der Waals surface area contributed by atoms with Crippen LogP contribution >= 0.6 is 0 Å². The van der Waals surface area contributed by atoms with Crippen LogP contribution in [0.25, 0.3) is 0 Å². The third kappa shape index (κ3) is 6.75. The monoisotopic (exact) mass is 188 g/mol. The van der Waals surface area contributed by atoms with Gasteiger partial charge in [0.15, 0.2) is 6.29 Å². The molecule has 0 rings (SSSR count). The van der Waals surface area contributed by atoms with Gasteiger partial charge >= 0.3 is 0 Å². The van der Waals surface area contributed by atoms with Crippen molar-refractivity contribution < 1.29 is 14.6 Å². The molecular weight excluding hydrogens is 168 g/mol. The van der Waals surface area contributed by atoms with Gasteiger partial charge in [-0.25, -0.2) is 0 Å². The minimum absolute atomic E-state index is 0.404. The summed E-state index contributed by atoms with van der Waals surface area (Å²) < 4.78 is 10.5. The zero-order valence-electron chi connectivity index (χ0n) is 8.53. The van der Waals surface area contributed by atoms with E-state index in [0.717, 1.165) is 12.8 Å². The predicted molar refractivity (Wildman–Crippen MR) is 52.5 cm³/mol. The molecule has 1 N–H and O–H groups in total. The van der Waals surface area contributed by atoms with E-state index < -0.39 is 12.4 Å². The van der Waals surface area contributed by atoms with E-state index >= 15 is 0 Å². The van der Waals surface area contributed by atoms with Crippen molar-refractivity contribution in [2.24, 2.45) is 0 Å². The van der Waals surface area contributed by atoms with Gasteiger partial charge in [0.05, 0.1) is 6.61 Å². The molecule has 0 saturated carbocycles. The molecule has 0 aromatic rings. The Kier molecular flexibility index (Phi) is 7.99. The topological polar surface area (TPSA) is 38.7 Å². The molecule has 2 unspecified atom stereocenters. The molecule has 0 amide bonds. The van der Waals surface area contributed by atoms with Gasteiger partial charge in [-0.15, -0.1) is 6.58 Å². The second kappa shape index (κ2) is 8.23. The Bertz CT molecular complexity index is 123. The van der Waals surface area contributed by atoms with Crippen LogP contribution in [-0.2, 0) is 9.47 Å². The molecule has 0 aliphatic heterocycles. The molecule has 2 atom stereocenters. The lowest BCUT2D eigenvalue weighted by Gasteiger charge is -2.20. The fourth-order valence-electron chi connectivity index (χ4n) is 0.833. The first-order valence-corrected chi connectivity index (χ1v) is 4.74. The molecule has 0 heterocycles. The maximum Gasteiger partial charge on any atom is 0.183 e. The van der Waals surface area contributed by atoms with E-state index in [1.54, 1.807) is 13.0 Å². The summed E-state index contributed by atoms with van der Waals surface area (Å²) in [5.74, 6) is 0. The van der Waals surface area contributed by atoms with E-state index in [4.69, 9.17) is 9.47 Å². The van der Waals surface area contributed by atoms with Crippen LogP contribution in [0, 0.1) is 0 Å². The van der Waals surface area contributed by atoms with Crippen molar-refractivity contribution >= 4 is 0 Å². The van der Waals surface area contributed by atoms with Gasteiger partial charge in [0.1, 0.15) is 6.10 Å². The van der Waals surface area contributed by atoms with Crippen molar-refractivity contribution in [3.8, 4) is 0 Å². The fourth-order valence-corrected chi connectivity index (χ4v) is 0.833. The first-order valence-electron chi connectivity index (χ1n) is 4.74. The van der Waals surface area contributed by atoms with Crippen molar-refractivity contribution in [1.82, 2.24) is 0 Å². The zero-order valence-corrected chi connectivity index (χ0v) is 8.53. The summed E-state index contributed by atoms with van der Waals surface area (Å²) in [6.07, 6.45) is 2.58. The van der Waals surface area contributed by atoms with Crippen molar-refractivity contribution in [3.05, 3.63) is 12.7 Å². The quantitative estimate of drug-likeness (QED) is 0.358. The highest BCUT2D eigenvalue weighted by Crippen LogP contribution is 2.03. The average Bonchev–Trinajstić information content (AvgIpc) is 2.10. The van der Waals surface area contributed by atoms with Gasteiger partial charge in [-0.3, -0.25) is 0 Å². The Morgan fingerprint density at radius 2 is 2.15 bits per heavy atom. The highest BCUT2D eigenvalue weighted by Gasteiger charge is 2.14. The molecule has 3 heteroatoms. The Hall–Kier alpha value is -0.380. The number of aliphatic hydroxyl groups is 1. The van der Waals surface area contributed by atoms with Crippen molar-refractivity contribution in [1.29, 1.82) is 0 Å². The lowest BCUT2D eigenvalue weighted by atomic mass is 10.3. The lowest BCUT2D eigenvalue weighted by molar-refractivity contribution is -0.184. The molecule has 0 aromatic heterocycles. The Morgan fingerprint density at radius 1 is 1.46 bits per heavy atom. The fraction of sp³-hybridized carbons (Fsp3) is 0.800. The van der Waals surface area contributed by atoms with E-state index in [1.807, 2.05) is 0 Å². The molecule has 0 bridgehead atoms. The molecule has 0 radical (unpaired) electrons. The average molecular weight is 188 g/mol. The summed E-state index contributed by atoms with van der Waals surface area (Å²) >= 11 is 0. The molecule has 3 nitrogen and oxygen atoms in total. The summed E-state index contributed by atoms with van der Waals surface area (Å²) in [5.41, 5.74) is 0. The van der Waals surface area contributed by atoms with Gasteiger partial charge in [-0.2, -0.15) is 0 Å². The molecule has 0 fully saturated rings. The molecule has 78 valence electrons.